The SMILES string of the molecule is Cc1cc(C(N)=S)cc(Nc2ccc(Br)cc2Cl)n1. The van der Waals surface area contributed by atoms with Crippen LogP contribution in [0.25, 0.3) is 0 Å². The van der Waals surface area contributed by atoms with Gasteiger partial charge in [-0.15, -0.1) is 0 Å². The Labute approximate surface area is 130 Å². The number of anilines is 2. The summed E-state index contributed by atoms with van der Waals surface area (Å²) in [5, 5.41) is 3.76. The van der Waals surface area contributed by atoms with Crippen molar-refractivity contribution >= 4 is 56.2 Å². The molecule has 0 aliphatic carbocycles. The van der Waals surface area contributed by atoms with Gasteiger partial charge >= 0.3 is 0 Å². The Morgan fingerprint density at radius 2 is 2.11 bits per heavy atom. The molecule has 0 saturated heterocycles. The van der Waals surface area contributed by atoms with Gasteiger partial charge in [-0.1, -0.05) is 39.7 Å². The molecule has 0 saturated carbocycles. The van der Waals surface area contributed by atoms with Crippen molar-refractivity contribution in [3.63, 3.8) is 0 Å². The normalized spacial score (nSPS) is 10.3. The van der Waals surface area contributed by atoms with E-state index in [1.165, 1.54) is 0 Å². The predicted octanol–water partition coefficient (Wildman–Crippen LogP) is 4.18. The van der Waals surface area contributed by atoms with Gasteiger partial charge in [-0.2, -0.15) is 0 Å². The van der Waals surface area contributed by atoms with Gasteiger partial charge in [0.05, 0.1) is 10.7 Å². The van der Waals surface area contributed by atoms with Crippen LogP contribution in [0.5, 0.6) is 0 Å². The molecule has 0 amide bonds. The van der Waals surface area contributed by atoms with E-state index in [2.05, 4.69) is 26.2 Å². The molecule has 0 fully saturated rings. The summed E-state index contributed by atoms with van der Waals surface area (Å²) in [7, 11) is 0. The van der Waals surface area contributed by atoms with Crippen molar-refractivity contribution in [2.24, 2.45) is 5.73 Å². The van der Waals surface area contributed by atoms with Gasteiger partial charge in [0.25, 0.3) is 0 Å². The molecule has 2 aromatic rings. The smallest absolute Gasteiger partial charge is 0.131 e. The number of pyridine rings is 1. The molecule has 6 heteroatoms. The lowest BCUT2D eigenvalue weighted by molar-refractivity contribution is 1.19. The number of benzene rings is 1. The van der Waals surface area contributed by atoms with Crippen LogP contribution in [0.15, 0.2) is 34.8 Å². The van der Waals surface area contributed by atoms with Gasteiger partial charge in [0.1, 0.15) is 10.8 Å². The molecule has 0 unspecified atom stereocenters. The largest absolute Gasteiger partial charge is 0.389 e. The first kappa shape index (κ1) is 14.2. The maximum absolute atomic E-state index is 6.15. The summed E-state index contributed by atoms with van der Waals surface area (Å²) in [4.78, 5) is 4.72. The molecule has 98 valence electrons. The van der Waals surface area contributed by atoms with Crippen LogP contribution in [0.1, 0.15) is 11.3 Å². The molecule has 0 aliphatic rings. The van der Waals surface area contributed by atoms with Gasteiger partial charge < -0.3 is 11.1 Å². The third-order valence-electron chi connectivity index (χ3n) is 2.43. The van der Waals surface area contributed by atoms with E-state index in [-0.39, 0.29) is 0 Å². The number of rotatable bonds is 3. The lowest BCUT2D eigenvalue weighted by atomic mass is 10.2. The minimum atomic E-state index is 0.343. The highest BCUT2D eigenvalue weighted by atomic mass is 79.9. The van der Waals surface area contributed by atoms with E-state index in [1.54, 1.807) is 6.07 Å². The lowest BCUT2D eigenvalue weighted by Gasteiger charge is -2.10. The summed E-state index contributed by atoms with van der Waals surface area (Å²) in [6, 6.07) is 9.23. The second-order valence-corrected chi connectivity index (χ2v) is 5.76. The molecule has 3 N–H and O–H groups in total. The van der Waals surface area contributed by atoms with Crippen molar-refractivity contribution in [2.75, 3.05) is 5.32 Å². The summed E-state index contributed by atoms with van der Waals surface area (Å²) in [6.07, 6.45) is 0. The lowest BCUT2D eigenvalue weighted by Crippen LogP contribution is -2.10. The summed E-state index contributed by atoms with van der Waals surface area (Å²) in [5.41, 5.74) is 8.02. The molecule has 1 aromatic carbocycles. The Morgan fingerprint density at radius 3 is 2.74 bits per heavy atom. The number of thiocarbonyl (C=S) groups is 1. The Morgan fingerprint density at radius 1 is 1.37 bits per heavy atom. The molecule has 1 heterocycles. The molecule has 1 aromatic heterocycles. The quantitative estimate of drug-likeness (QED) is 0.810. The molecule has 3 nitrogen and oxygen atoms in total. The average molecular weight is 357 g/mol. The van der Waals surface area contributed by atoms with Gasteiger partial charge in [0.15, 0.2) is 0 Å². The van der Waals surface area contributed by atoms with E-state index >= 15 is 0 Å². The number of hydrogen-bond acceptors (Lipinski definition) is 3. The second kappa shape index (κ2) is 5.86. The Balaban J connectivity index is 2.35. The number of aryl methyl sites for hydroxylation is 1. The average Bonchev–Trinajstić information content (AvgIpc) is 2.32. The van der Waals surface area contributed by atoms with Crippen molar-refractivity contribution in [1.29, 1.82) is 0 Å². The zero-order valence-corrected chi connectivity index (χ0v) is 13.2. The van der Waals surface area contributed by atoms with Crippen LogP contribution in [-0.2, 0) is 0 Å². The molecule has 0 bridgehead atoms. The van der Waals surface area contributed by atoms with Crippen molar-refractivity contribution < 1.29 is 0 Å². The van der Waals surface area contributed by atoms with Gasteiger partial charge in [-0.05, 0) is 37.3 Å². The minimum absolute atomic E-state index is 0.343. The molecule has 2 rings (SSSR count). The monoisotopic (exact) mass is 355 g/mol. The summed E-state index contributed by atoms with van der Waals surface area (Å²) >= 11 is 14.5. The van der Waals surface area contributed by atoms with Crippen LogP contribution >= 0.6 is 39.7 Å². The Hall–Kier alpha value is -1.17. The first-order valence-electron chi connectivity index (χ1n) is 5.46. The fourth-order valence-corrected chi connectivity index (χ4v) is 2.44. The van der Waals surface area contributed by atoms with E-state index in [9.17, 15) is 0 Å². The van der Waals surface area contributed by atoms with Crippen LogP contribution in [-0.4, -0.2) is 9.97 Å². The second-order valence-electron chi connectivity index (χ2n) is 4.00. The summed E-state index contributed by atoms with van der Waals surface area (Å²) in [5.74, 6) is 0.659. The summed E-state index contributed by atoms with van der Waals surface area (Å²) in [6.45, 7) is 1.89. The van der Waals surface area contributed by atoms with Crippen LogP contribution < -0.4 is 11.1 Å². The number of halogens is 2. The maximum Gasteiger partial charge on any atom is 0.131 e. The molecular weight excluding hydrogens is 346 g/mol. The van der Waals surface area contributed by atoms with Crippen LogP contribution in [0.4, 0.5) is 11.5 Å². The zero-order valence-electron chi connectivity index (χ0n) is 10.1. The van der Waals surface area contributed by atoms with E-state index < -0.39 is 0 Å². The number of aromatic nitrogens is 1. The maximum atomic E-state index is 6.15. The molecule has 0 spiro atoms. The molecular formula is C13H11BrClN3S. The van der Waals surface area contributed by atoms with Crippen molar-refractivity contribution in [3.8, 4) is 0 Å². The van der Waals surface area contributed by atoms with Crippen molar-refractivity contribution in [2.45, 2.75) is 6.92 Å². The number of nitrogens with two attached hydrogens (primary N) is 1. The zero-order chi connectivity index (χ0) is 14.0. The van der Waals surface area contributed by atoms with Gasteiger partial charge in [-0.25, -0.2) is 4.98 Å². The molecule has 19 heavy (non-hydrogen) atoms. The highest BCUT2D eigenvalue weighted by Gasteiger charge is 2.05. The van der Waals surface area contributed by atoms with E-state index in [1.807, 2.05) is 31.2 Å². The topological polar surface area (TPSA) is 50.9 Å². The third-order valence-corrected chi connectivity index (χ3v) is 3.47. The summed E-state index contributed by atoms with van der Waals surface area (Å²) < 4.78 is 0.920. The third kappa shape index (κ3) is 3.65. The fraction of sp³-hybridized carbons (Fsp3) is 0.0769. The standard InChI is InChI=1S/C13H11BrClN3S/c1-7-4-8(13(16)19)5-12(17-7)18-11-3-2-9(14)6-10(11)15/h2-6H,1H3,(H2,16,19)(H,17,18). The van der Waals surface area contributed by atoms with Crippen LogP contribution in [0.3, 0.4) is 0 Å². The Bertz CT molecular complexity index is 646. The molecule has 0 aliphatic heterocycles. The highest BCUT2D eigenvalue weighted by Crippen LogP contribution is 2.28. The number of hydrogen-bond donors (Lipinski definition) is 2. The molecule has 0 radical (unpaired) electrons. The fourth-order valence-electron chi connectivity index (χ4n) is 1.60. The van der Waals surface area contributed by atoms with Crippen LogP contribution in [0.2, 0.25) is 5.02 Å². The van der Waals surface area contributed by atoms with Gasteiger partial charge in [0.2, 0.25) is 0 Å². The van der Waals surface area contributed by atoms with Crippen LogP contribution in [0, 0.1) is 6.92 Å². The first-order valence-corrected chi connectivity index (χ1v) is 7.04. The van der Waals surface area contributed by atoms with E-state index in [4.69, 9.17) is 29.6 Å². The van der Waals surface area contributed by atoms with Crippen molar-refractivity contribution in [1.82, 2.24) is 4.98 Å². The van der Waals surface area contributed by atoms with Gasteiger partial charge in [-0.3, -0.25) is 0 Å². The minimum Gasteiger partial charge on any atom is -0.389 e. The van der Waals surface area contributed by atoms with E-state index in [0.717, 1.165) is 21.4 Å². The van der Waals surface area contributed by atoms with E-state index in [0.29, 0.717) is 15.8 Å². The molecule has 0 atom stereocenters. The van der Waals surface area contributed by atoms with Gasteiger partial charge in [0, 0.05) is 15.7 Å². The number of nitrogens with zero attached hydrogens (tertiary/aromatic N) is 1. The Kier molecular flexibility index (Phi) is 4.39. The van der Waals surface area contributed by atoms with Crippen molar-refractivity contribution in [3.05, 3.63) is 51.1 Å². The number of nitrogens with one attached hydrogen (secondary N) is 1. The highest BCUT2D eigenvalue weighted by molar-refractivity contribution is 9.10. The first-order chi connectivity index (χ1) is 8.95. The predicted molar refractivity (Wildman–Crippen MR) is 87.3 cm³/mol.